The van der Waals surface area contributed by atoms with E-state index in [4.69, 9.17) is 4.98 Å². The van der Waals surface area contributed by atoms with Crippen LogP contribution in [-0.2, 0) is 17.8 Å². The molecule has 2 atom stereocenters. The van der Waals surface area contributed by atoms with Gasteiger partial charge in [-0.15, -0.1) is 23.5 Å². The van der Waals surface area contributed by atoms with Gasteiger partial charge in [0.05, 0.1) is 15.1 Å². The normalized spacial score (nSPS) is 30.4. The first-order valence-corrected chi connectivity index (χ1v) is 13.3. The highest BCUT2D eigenvalue weighted by Gasteiger charge is 2.57. The number of thioether (sulfide) groups is 2. The van der Waals surface area contributed by atoms with Crippen molar-refractivity contribution in [3.63, 3.8) is 0 Å². The van der Waals surface area contributed by atoms with Crippen molar-refractivity contribution >= 4 is 46.2 Å². The molecule has 2 aliphatic heterocycles. The summed E-state index contributed by atoms with van der Waals surface area (Å²) in [5, 5.41) is 3.24. The van der Waals surface area contributed by atoms with Crippen molar-refractivity contribution in [1.29, 1.82) is 0 Å². The lowest BCUT2D eigenvalue weighted by molar-refractivity contribution is -0.121. The minimum atomic E-state index is 0.175. The van der Waals surface area contributed by atoms with E-state index in [1.54, 1.807) is 0 Å². The Balaban J connectivity index is 1.19. The van der Waals surface area contributed by atoms with Crippen LogP contribution in [-0.4, -0.2) is 31.0 Å². The highest BCUT2D eigenvalue weighted by Crippen LogP contribution is 2.65. The molecule has 2 bridgehead atoms. The largest absolute Gasteiger partial charge is 0.328 e. The molecule has 154 valence electrons. The minimum Gasteiger partial charge on any atom is -0.328 e. The number of benzene rings is 1. The van der Waals surface area contributed by atoms with Crippen LogP contribution < -0.4 is 5.32 Å². The van der Waals surface area contributed by atoms with Gasteiger partial charge in [-0.2, -0.15) is 0 Å². The zero-order chi connectivity index (χ0) is 19.4. The summed E-state index contributed by atoms with van der Waals surface area (Å²) >= 11 is 4.40. The molecule has 3 fully saturated rings. The summed E-state index contributed by atoms with van der Waals surface area (Å²) in [6.45, 7) is 1.07. The molecular formula is C23H29N3OS2. The third kappa shape index (κ3) is 3.04. The summed E-state index contributed by atoms with van der Waals surface area (Å²) in [5.74, 6) is 5.65. The van der Waals surface area contributed by atoms with E-state index in [9.17, 15) is 4.79 Å². The monoisotopic (exact) mass is 427 g/mol. The maximum Gasteiger partial charge on any atom is 0.227 e. The van der Waals surface area contributed by atoms with Gasteiger partial charge in [-0.25, -0.2) is 4.98 Å². The summed E-state index contributed by atoms with van der Waals surface area (Å²) in [6, 6.07) is 6.30. The Morgan fingerprint density at radius 3 is 2.69 bits per heavy atom. The number of aromatic nitrogens is 2. The molecule has 1 saturated heterocycles. The fourth-order valence-corrected chi connectivity index (χ4v) is 10.2. The number of rotatable bonds is 2. The van der Waals surface area contributed by atoms with Crippen molar-refractivity contribution in [3.8, 4) is 0 Å². The fourth-order valence-electron chi connectivity index (χ4n) is 6.29. The van der Waals surface area contributed by atoms with Crippen LogP contribution in [0.15, 0.2) is 18.2 Å². The second-order valence-corrected chi connectivity index (χ2v) is 12.2. The second-order valence-electron chi connectivity index (χ2n) is 9.24. The van der Waals surface area contributed by atoms with E-state index in [0.29, 0.717) is 4.08 Å². The van der Waals surface area contributed by atoms with Gasteiger partial charge in [-0.3, -0.25) is 4.79 Å². The first-order chi connectivity index (χ1) is 14.2. The molecule has 2 aliphatic carbocycles. The van der Waals surface area contributed by atoms with Gasteiger partial charge in [0.25, 0.3) is 0 Å². The first kappa shape index (κ1) is 18.6. The number of nitrogens with zero attached hydrogens (tertiary/aromatic N) is 2. The lowest BCUT2D eigenvalue weighted by atomic mass is 9.79. The van der Waals surface area contributed by atoms with E-state index in [1.165, 1.54) is 55.0 Å². The van der Waals surface area contributed by atoms with Gasteiger partial charge >= 0.3 is 0 Å². The van der Waals surface area contributed by atoms with Gasteiger partial charge in [-0.05, 0) is 68.6 Å². The number of carbonyl (C=O) groups excluding carboxylic acids is 1. The average molecular weight is 428 g/mol. The lowest BCUT2D eigenvalue weighted by Gasteiger charge is -2.42. The first-order valence-electron chi connectivity index (χ1n) is 11.3. The molecular weight excluding hydrogens is 398 g/mol. The molecule has 4 nitrogen and oxygen atoms in total. The van der Waals surface area contributed by atoms with Crippen LogP contribution in [0.25, 0.3) is 11.0 Å². The molecule has 6 heteroatoms. The number of hydrogen-bond donors (Lipinski definition) is 1. The number of nitrogens with one attached hydrogen (secondary N) is 1. The Morgan fingerprint density at radius 2 is 1.90 bits per heavy atom. The number of fused-ring (bicyclic) bond motifs is 3. The number of aryl methyl sites for hydroxylation is 2. The van der Waals surface area contributed by atoms with Crippen molar-refractivity contribution < 1.29 is 4.79 Å². The number of amides is 1. The summed E-state index contributed by atoms with van der Waals surface area (Å²) in [7, 11) is 0. The third-order valence-corrected chi connectivity index (χ3v) is 11.6. The molecule has 2 saturated carbocycles. The topological polar surface area (TPSA) is 46.9 Å². The maximum atomic E-state index is 13.1. The van der Waals surface area contributed by atoms with Crippen LogP contribution in [0, 0.1) is 17.8 Å². The van der Waals surface area contributed by atoms with Crippen LogP contribution in [0.3, 0.4) is 0 Å². The molecule has 2 aromatic rings. The summed E-state index contributed by atoms with van der Waals surface area (Å²) in [4.78, 5) is 18.0. The third-order valence-electron chi connectivity index (χ3n) is 7.63. The highest BCUT2D eigenvalue weighted by atomic mass is 32.2. The zero-order valence-corrected chi connectivity index (χ0v) is 18.5. The van der Waals surface area contributed by atoms with Crippen molar-refractivity contribution in [2.45, 2.75) is 62.0 Å². The van der Waals surface area contributed by atoms with Crippen molar-refractivity contribution in [2.24, 2.45) is 17.8 Å². The minimum absolute atomic E-state index is 0.175. The standard InChI is InChI=1S/C23H29N3OS2/c27-22(15-12-16-5-6-17(13-15)23(16)28-10-11-29-23)24-18-7-8-20-19(14-18)25-21-4-2-1-3-9-26(20)21/h7-8,14-17H,1-6,9-13H2,(H,24,27). The Bertz CT molecular complexity index is 933. The molecule has 29 heavy (non-hydrogen) atoms. The van der Waals surface area contributed by atoms with E-state index in [0.717, 1.165) is 48.8 Å². The zero-order valence-electron chi connectivity index (χ0n) is 16.9. The molecule has 1 amide bonds. The van der Waals surface area contributed by atoms with Crippen molar-refractivity contribution in [3.05, 3.63) is 24.0 Å². The predicted octanol–water partition coefficient (Wildman–Crippen LogP) is 5.31. The Morgan fingerprint density at radius 1 is 1.10 bits per heavy atom. The summed E-state index contributed by atoms with van der Waals surface area (Å²) in [6.07, 6.45) is 9.61. The summed E-state index contributed by atoms with van der Waals surface area (Å²) < 4.78 is 2.83. The quantitative estimate of drug-likeness (QED) is 0.705. The Kier molecular flexibility index (Phi) is 4.64. The Hall–Kier alpha value is -1.14. The van der Waals surface area contributed by atoms with Crippen molar-refractivity contribution in [2.75, 3.05) is 16.8 Å². The predicted molar refractivity (Wildman–Crippen MR) is 123 cm³/mol. The van der Waals surface area contributed by atoms with E-state index >= 15 is 0 Å². The number of anilines is 1. The highest BCUT2D eigenvalue weighted by molar-refractivity contribution is 8.21. The van der Waals surface area contributed by atoms with Crippen LogP contribution in [0.2, 0.25) is 0 Å². The molecule has 1 spiro atoms. The summed E-state index contributed by atoms with van der Waals surface area (Å²) in [5.41, 5.74) is 3.15. The molecule has 4 aliphatic rings. The van der Waals surface area contributed by atoms with E-state index in [2.05, 4.69) is 51.6 Å². The molecule has 1 aromatic carbocycles. The second kappa shape index (κ2) is 7.23. The van der Waals surface area contributed by atoms with Gasteiger partial charge in [0.2, 0.25) is 5.91 Å². The van der Waals surface area contributed by atoms with Crippen LogP contribution >= 0.6 is 23.5 Å². The number of carbonyl (C=O) groups is 1. The fraction of sp³-hybridized carbons (Fsp3) is 0.652. The number of hydrogen-bond acceptors (Lipinski definition) is 4. The van der Waals surface area contributed by atoms with Gasteiger partial charge < -0.3 is 9.88 Å². The van der Waals surface area contributed by atoms with E-state index in [1.807, 2.05) is 0 Å². The molecule has 3 heterocycles. The SMILES string of the molecule is O=C(Nc1ccc2c(c1)nc1n2CCCCC1)C1CC2CCC(C1)C21SCCS1. The van der Waals surface area contributed by atoms with Gasteiger partial charge in [0, 0.05) is 36.1 Å². The molecule has 1 aromatic heterocycles. The van der Waals surface area contributed by atoms with E-state index in [-0.39, 0.29) is 11.8 Å². The van der Waals surface area contributed by atoms with Crippen molar-refractivity contribution in [1.82, 2.24) is 9.55 Å². The van der Waals surface area contributed by atoms with Gasteiger partial charge in [0.15, 0.2) is 0 Å². The van der Waals surface area contributed by atoms with E-state index < -0.39 is 0 Å². The molecule has 6 rings (SSSR count). The number of imidazole rings is 1. The Labute approximate surface area is 181 Å². The average Bonchev–Trinajstić information content (AvgIpc) is 3.30. The van der Waals surface area contributed by atoms with Crippen LogP contribution in [0.1, 0.15) is 50.8 Å². The lowest BCUT2D eigenvalue weighted by Crippen LogP contribution is -2.41. The maximum absolute atomic E-state index is 13.1. The smallest absolute Gasteiger partial charge is 0.227 e. The van der Waals surface area contributed by atoms with Crippen LogP contribution in [0.5, 0.6) is 0 Å². The van der Waals surface area contributed by atoms with Gasteiger partial charge in [-0.1, -0.05) is 6.42 Å². The molecule has 1 N–H and O–H groups in total. The van der Waals surface area contributed by atoms with Crippen LogP contribution in [0.4, 0.5) is 5.69 Å². The van der Waals surface area contributed by atoms with Gasteiger partial charge in [0.1, 0.15) is 5.82 Å². The molecule has 0 radical (unpaired) electrons. The molecule has 2 unspecified atom stereocenters.